The van der Waals surface area contributed by atoms with Crippen LogP contribution in [0, 0.1) is 12.7 Å². The van der Waals surface area contributed by atoms with Crippen molar-refractivity contribution in [2.45, 2.75) is 31.7 Å². The summed E-state index contributed by atoms with van der Waals surface area (Å²) in [5, 5.41) is 3.28. The fourth-order valence-corrected chi connectivity index (χ4v) is 3.02. The molecule has 3 N–H and O–H groups in total. The summed E-state index contributed by atoms with van der Waals surface area (Å²) in [5.41, 5.74) is 6.56. The molecule has 1 aromatic carbocycles. The molecule has 0 unspecified atom stereocenters. The number of hydrogen-bond donors (Lipinski definition) is 2. The lowest BCUT2D eigenvalue weighted by atomic mass is 10.1. The van der Waals surface area contributed by atoms with E-state index in [0.29, 0.717) is 30.0 Å². The molecule has 3 rings (SSSR count). The number of aromatic nitrogens is 1. The number of halogens is 1. The lowest BCUT2D eigenvalue weighted by molar-refractivity contribution is -0.118. The molecule has 2 aromatic rings. The first kappa shape index (κ1) is 14.2. The monoisotopic (exact) mass is 305 g/mol. The Hall–Kier alpha value is -1.79. The summed E-state index contributed by atoms with van der Waals surface area (Å²) in [4.78, 5) is 17.2. The van der Waals surface area contributed by atoms with Crippen LogP contribution in [0.1, 0.15) is 29.0 Å². The van der Waals surface area contributed by atoms with Gasteiger partial charge in [-0.2, -0.15) is 0 Å². The molecule has 21 heavy (non-hydrogen) atoms. The highest BCUT2D eigenvalue weighted by atomic mass is 32.1. The maximum Gasteiger partial charge on any atom is 0.246 e. The second kappa shape index (κ2) is 5.20. The number of anilines is 1. The van der Waals surface area contributed by atoms with Crippen LogP contribution in [0.4, 0.5) is 9.52 Å². The number of amides is 1. The molecule has 110 valence electrons. The quantitative estimate of drug-likeness (QED) is 0.912. The van der Waals surface area contributed by atoms with Crippen LogP contribution in [0.3, 0.4) is 0 Å². The number of benzene rings is 1. The summed E-state index contributed by atoms with van der Waals surface area (Å²) in [6.45, 7) is 1.86. The van der Waals surface area contributed by atoms with Gasteiger partial charge in [0.1, 0.15) is 5.82 Å². The Kier molecular flexibility index (Phi) is 3.51. The topological polar surface area (TPSA) is 68.0 Å². The summed E-state index contributed by atoms with van der Waals surface area (Å²) in [6, 6.07) is 6.68. The van der Waals surface area contributed by atoms with Gasteiger partial charge in [0.2, 0.25) is 5.91 Å². The molecule has 4 nitrogen and oxygen atoms in total. The fraction of sp³-hybridized carbons (Fsp3) is 0.333. The van der Waals surface area contributed by atoms with Gasteiger partial charge in [-0.25, -0.2) is 9.37 Å². The molecular formula is C15H16FN3OS. The minimum atomic E-state index is -0.717. The van der Waals surface area contributed by atoms with E-state index < -0.39 is 5.54 Å². The third kappa shape index (κ3) is 2.96. The third-order valence-electron chi connectivity index (χ3n) is 3.66. The number of aryl methyl sites for hydroxylation is 1. The molecule has 1 heterocycles. The SMILES string of the molecule is Cc1nc(NC(=O)C2(N)CC2)sc1Cc1ccccc1F. The summed E-state index contributed by atoms with van der Waals surface area (Å²) >= 11 is 1.37. The van der Waals surface area contributed by atoms with Gasteiger partial charge in [-0.15, -0.1) is 11.3 Å². The summed E-state index contributed by atoms with van der Waals surface area (Å²) in [7, 11) is 0. The minimum Gasteiger partial charge on any atom is -0.317 e. The molecule has 1 saturated carbocycles. The average Bonchev–Trinajstić information content (AvgIpc) is 3.10. The Bertz CT molecular complexity index is 694. The maximum atomic E-state index is 13.7. The molecule has 6 heteroatoms. The highest BCUT2D eigenvalue weighted by molar-refractivity contribution is 7.15. The molecule has 0 bridgehead atoms. The Morgan fingerprint density at radius 3 is 2.86 bits per heavy atom. The van der Waals surface area contributed by atoms with Gasteiger partial charge in [-0.05, 0) is 31.4 Å². The molecule has 0 aliphatic heterocycles. The van der Waals surface area contributed by atoms with Crippen molar-refractivity contribution in [2.24, 2.45) is 5.73 Å². The van der Waals surface area contributed by atoms with E-state index in [1.165, 1.54) is 17.4 Å². The van der Waals surface area contributed by atoms with Crippen LogP contribution < -0.4 is 11.1 Å². The van der Waals surface area contributed by atoms with E-state index in [-0.39, 0.29) is 11.7 Å². The Labute approximate surface area is 126 Å². The van der Waals surface area contributed by atoms with Gasteiger partial charge in [0.05, 0.1) is 11.2 Å². The van der Waals surface area contributed by atoms with Gasteiger partial charge >= 0.3 is 0 Å². The van der Waals surface area contributed by atoms with E-state index in [0.717, 1.165) is 10.6 Å². The van der Waals surface area contributed by atoms with Crippen molar-refractivity contribution in [1.82, 2.24) is 4.98 Å². The molecule has 1 aliphatic rings. The number of nitrogens with one attached hydrogen (secondary N) is 1. The Morgan fingerprint density at radius 1 is 1.48 bits per heavy atom. The van der Waals surface area contributed by atoms with Crippen molar-refractivity contribution in [2.75, 3.05) is 5.32 Å². The predicted octanol–water partition coefficient (Wildman–Crippen LogP) is 2.61. The number of nitrogens with two attached hydrogens (primary N) is 1. The standard InChI is InChI=1S/C15H16FN3OS/c1-9-12(8-10-4-2-3-5-11(10)16)21-14(18-9)19-13(20)15(17)6-7-15/h2-5H,6-8,17H2,1H3,(H,18,19,20). The van der Waals surface area contributed by atoms with Gasteiger partial charge in [-0.3, -0.25) is 4.79 Å². The molecule has 0 radical (unpaired) electrons. The van der Waals surface area contributed by atoms with Crippen molar-refractivity contribution in [3.8, 4) is 0 Å². The summed E-state index contributed by atoms with van der Waals surface area (Å²) in [6.07, 6.45) is 1.90. The third-order valence-corrected chi connectivity index (χ3v) is 4.74. The minimum absolute atomic E-state index is 0.186. The van der Waals surface area contributed by atoms with Crippen LogP contribution in [0.5, 0.6) is 0 Å². The smallest absolute Gasteiger partial charge is 0.246 e. The van der Waals surface area contributed by atoms with E-state index in [2.05, 4.69) is 10.3 Å². The number of hydrogen-bond acceptors (Lipinski definition) is 4. The number of carbonyl (C=O) groups excluding carboxylic acids is 1. The number of thiazole rings is 1. The van der Waals surface area contributed by atoms with E-state index in [1.807, 2.05) is 13.0 Å². The highest BCUT2D eigenvalue weighted by Crippen LogP contribution is 2.34. The van der Waals surface area contributed by atoms with Gasteiger partial charge in [-0.1, -0.05) is 18.2 Å². The second-order valence-corrected chi connectivity index (χ2v) is 6.49. The van der Waals surface area contributed by atoms with Crippen LogP contribution in [-0.4, -0.2) is 16.4 Å². The zero-order chi connectivity index (χ0) is 15.0. The van der Waals surface area contributed by atoms with Crippen molar-refractivity contribution in [3.63, 3.8) is 0 Å². The van der Waals surface area contributed by atoms with Gasteiger partial charge in [0, 0.05) is 11.3 Å². The summed E-state index contributed by atoms with van der Waals surface area (Å²) in [5.74, 6) is -0.413. The van der Waals surface area contributed by atoms with Gasteiger partial charge < -0.3 is 11.1 Å². The van der Waals surface area contributed by atoms with Crippen molar-refractivity contribution in [3.05, 3.63) is 46.2 Å². The molecule has 1 amide bonds. The Morgan fingerprint density at radius 2 is 2.19 bits per heavy atom. The van der Waals surface area contributed by atoms with Crippen LogP contribution in [0.2, 0.25) is 0 Å². The van der Waals surface area contributed by atoms with Crippen molar-refractivity contribution in [1.29, 1.82) is 0 Å². The van der Waals surface area contributed by atoms with E-state index in [4.69, 9.17) is 5.73 Å². The summed E-state index contributed by atoms with van der Waals surface area (Å²) < 4.78 is 13.7. The molecule has 0 spiro atoms. The van der Waals surface area contributed by atoms with Crippen molar-refractivity contribution < 1.29 is 9.18 Å². The normalized spacial score (nSPS) is 15.8. The maximum absolute atomic E-state index is 13.7. The highest BCUT2D eigenvalue weighted by Gasteiger charge is 2.46. The first-order chi connectivity index (χ1) is 9.98. The lowest BCUT2D eigenvalue weighted by Crippen LogP contribution is -2.37. The molecular weight excluding hydrogens is 289 g/mol. The zero-order valence-corrected chi connectivity index (χ0v) is 12.5. The van der Waals surface area contributed by atoms with Crippen LogP contribution in [-0.2, 0) is 11.2 Å². The van der Waals surface area contributed by atoms with Gasteiger partial charge in [0.25, 0.3) is 0 Å². The van der Waals surface area contributed by atoms with Crippen LogP contribution in [0.15, 0.2) is 24.3 Å². The largest absolute Gasteiger partial charge is 0.317 e. The molecule has 0 saturated heterocycles. The predicted molar refractivity (Wildman–Crippen MR) is 80.8 cm³/mol. The fourth-order valence-electron chi connectivity index (χ4n) is 2.04. The first-order valence-corrected chi connectivity index (χ1v) is 7.60. The average molecular weight is 305 g/mol. The van der Waals surface area contributed by atoms with Crippen LogP contribution >= 0.6 is 11.3 Å². The number of nitrogens with zero attached hydrogens (tertiary/aromatic N) is 1. The van der Waals surface area contributed by atoms with E-state index in [9.17, 15) is 9.18 Å². The lowest BCUT2D eigenvalue weighted by Gasteiger charge is -2.06. The number of rotatable bonds is 4. The molecule has 1 fully saturated rings. The number of carbonyl (C=O) groups is 1. The zero-order valence-electron chi connectivity index (χ0n) is 11.6. The molecule has 1 aromatic heterocycles. The van der Waals surface area contributed by atoms with E-state index in [1.54, 1.807) is 12.1 Å². The second-order valence-electron chi connectivity index (χ2n) is 5.41. The molecule has 0 atom stereocenters. The van der Waals surface area contributed by atoms with Gasteiger partial charge in [0.15, 0.2) is 5.13 Å². The van der Waals surface area contributed by atoms with E-state index >= 15 is 0 Å². The molecule has 1 aliphatic carbocycles. The van der Waals surface area contributed by atoms with Crippen LogP contribution in [0.25, 0.3) is 0 Å². The van der Waals surface area contributed by atoms with Crippen molar-refractivity contribution >= 4 is 22.4 Å². The first-order valence-electron chi connectivity index (χ1n) is 6.78. The Balaban J connectivity index is 1.75.